The third kappa shape index (κ3) is 5.89. The molecule has 1 unspecified atom stereocenters. The van der Waals surface area contributed by atoms with Gasteiger partial charge in [-0.2, -0.15) is 0 Å². The lowest BCUT2D eigenvalue weighted by molar-refractivity contribution is -0.120. The van der Waals surface area contributed by atoms with E-state index < -0.39 is 0 Å². The summed E-state index contributed by atoms with van der Waals surface area (Å²) in [4.78, 5) is 33.2. The number of fused-ring (bicyclic) bond motifs is 1. The molecule has 2 aromatic rings. The van der Waals surface area contributed by atoms with E-state index in [1.807, 2.05) is 31.2 Å². The smallest absolute Gasteiger partial charge is 0.262 e. The highest BCUT2D eigenvalue weighted by molar-refractivity contribution is 8.00. The van der Waals surface area contributed by atoms with Gasteiger partial charge < -0.3 is 5.32 Å². The van der Waals surface area contributed by atoms with Gasteiger partial charge in [0.25, 0.3) is 5.56 Å². The number of thioether (sulfide) groups is 1. The number of carbonyl (C=O) groups is 1. The molecule has 31 heavy (non-hydrogen) atoms. The van der Waals surface area contributed by atoms with Crippen LogP contribution in [-0.4, -0.2) is 50.3 Å². The van der Waals surface area contributed by atoms with Crippen molar-refractivity contribution in [1.82, 2.24) is 19.8 Å². The highest BCUT2D eigenvalue weighted by Gasteiger charge is 2.24. The standard InChI is InChI=1S/C24H36N4O2S/c1-16(2)27(17(3)4)14-15-28-23(30)20-12-8-9-13-21(20)26-24(28)31-18(5)22(29)25-19-10-6-7-11-19/h8-9,12-13,16-19H,6-7,10-11,14-15H2,1-5H3,(H,25,29). The average Bonchev–Trinajstić information content (AvgIpc) is 3.22. The first-order valence-corrected chi connectivity index (χ1v) is 12.4. The Bertz CT molecular complexity index is 942. The highest BCUT2D eigenvalue weighted by atomic mass is 32.2. The van der Waals surface area contributed by atoms with Gasteiger partial charge in [0.05, 0.1) is 16.2 Å². The summed E-state index contributed by atoms with van der Waals surface area (Å²) >= 11 is 1.38. The number of benzene rings is 1. The second-order valence-electron chi connectivity index (χ2n) is 9.04. The molecule has 1 aromatic carbocycles. The molecule has 170 valence electrons. The molecule has 1 N–H and O–H groups in total. The summed E-state index contributed by atoms with van der Waals surface area (Å²) in [6, 6.07) is 8.51. The van der Waals surface area contributed by atoms with Gasteiger partial charge in [-0.1, -0.05) is 36.7 Å². The van der Waals surface area contributed by atoms with Gasteiger partial charge in [0.2, 0.25) is 5.91 Å². The van der Waals surface area contributed by atoms with Crippen molar-refractivity contribution >= 4 is 28.6 Å². The molecule has 0 radical (unpaired) electrons. The molecular formula is C24H36N4O2S. The van der Waals surface area contributed by atoms with Gasteiger partial charge in [-0.3, -0.25) is 19.1 Å². The lowest BCUT2D eigenvalue weighted by Gasteiger charge is -2.31. The summed E-state index contributed by atoms with van der Waals surface area (Å²) in [5.74, 6) is 0.0249. The van der Waals surface area contributed by atoms with E-state index in [2.05, 4.69) is 37.9 Å². The maximum Gasteiger partial charge on any atom is 0.262 e. The maximum absolute atomic E-state index is 13.3. The summed E-state index contributed by atoms with van der Waals surface area (Å²) < 4.78 is 1.75. The van der Waals surface area contributed by atoms with Crippen molar-refractivity contribution in [2.24, 2.45) is 0 Å². The lowest BCUT2D eigenvalue weighted by Crippen LogP contribution is -2.41. The molecule has 6 nitrogen and oxygen atoms in total. The monoisotopic (exact) mass is 444 g/mol. The normalized spacial score (nSPS) is 16.0. The predicted octanol–water partition coefficient (Wildman–Crippen LogP) is 4.05. The Morgan fingerprint density at radius 1 is 1.16 bits per heavy atom. The molecular weight excluding hydrogens is 408 g/mol. The van der Waals surface area contributed by atoms with Gasteiger partial charge in [0.15, 0.2) is 5.16 Å². The number of nitrogens with one attached hydrogen (secondary N) is 1. The molecule has 0 saturated heterocycles. The number of carbonyl (C=O) groups excluding carboxylic acids is 1. The fourth-order valence-corrected chi connectivity index (χ4v) is 5.31. The van der Waals surface area contributed by atoms with Crippen molar-refractivity contribution in [3.63, 3.8) is 0 Å². The summed E-state index contributed by atoms with van der Waals surface area (Å²) in [5.41, 5.74) is 0.642. The zero-order valence-corrected chi connectivity index (χ0v) is 20.2. The van der Waals surface area contributed by atoms with Crippen molar-refractivity contribution in [3.05, 3.63) is 34.6 Å². The molecule has 7 heteroatoms. The van der Waals surface area contributed by atoms with Crippen LogP contribution in [0.15, 0.2) is 34.2 Å². The number of rotatable bonds is 9. The Hall–Kier alpha value is -1.86. The summed E-state index contributed by atoms with van der Waals surface area (Å²) in [6.45, 7) is 11.9. The maximum atomic E-state index is 13.3. The van der Waals surface area contributed by atoms with Crippen molar-refractivity contribution < 1.29 is 4.79 Å². The summed E-state index contributed by atoms with van der Waals surface area (Å²) in [6.07, 6.45) is 4.48. The third-order valence-electron chi connectivity index (χ3n) is 6.09. The van der Waals surface area contributed by atoms with Crippen LogP contribution in [0.2, 0.25) is 0 Å². The SMILES string of the molecule is CC(Sc1nc2ccccc2c(=O)n1CCN(C(C)C)C(C)C)C(=O)NC1CCCC1. The second-order valence-corrected chi connectivity index (χ2v) is 10.4. The second kappa shape index (κ2) is 10.6. The number of para-hydroxylation sites is 1. The highest BCUT2D eigenvalue weighted by Crippen LogP contribution is 2.24. The Kier molecular flexibility index (Phi) is 8.17. The van der Waals surface area contributed by atoms with Crippen LogP contribution < -0.4 is 10.9 Å². The Labute approximate surface area is 189 Å². The Morgan fingerprint density at radius 2 is 1.81 bits per heavy atom. The number of hydrogen-bond acceptors (Lipinski definition) is 5. The van der Waals surface area contributed by atoms with E-state index in [1.54, 1.807) is 4.57 Å². The van der Waals surface area contributed by atoms with E-state index >= 15 is 0 Å². The van der Waals surface area contributed by atoms with Crippen LogP contribution in [0.1, 0.15) is 60.3 Å². The van der Waals surface area contributed by atoms with Crippen LogP contribution >= 0.6 is 11.8 Å². The van der Waals surface area contributed by atoms with Crippen LogP contribution in [0.3, 0.4) is 0 Å². The minimum Gasteiger partial charge on any atom is -0.352 e. The first-order valence-electron chi connectivity index (χ1n) is 11.5. The fraction of sp³-hybridized carbons (Fsp3) is 0.625. The summed E-state index contributed by atoms with van der Waals surface area (Å²) in [5, 5.41) is 4.09. The van der Waals surface area contributed by atoms with Crippen LogP contribution in [-0.2, 0) is 11.3 Å². The first kappa shape index (κ1) is 23.8. The average molecular weight is 445 g/mol. The number of amides is 1. The third-order valence-corrected chi connectivity index (χ3v) is 7.18. The van der Waals surface area contributed by atoms with Crippen LogP contribution in [0.25, 0.3) is 10.9 Å². The van der Waals surface area contributed by atoms with Crippen molar-refractivity contribution in [2.45, 2.75) is 95.4 Å². The Morgan fingerprint density at radius 3 is 2.45 bits per heavy atom. The number of nitrogens with zero attached hydrogens (tertiary/aromatic N) is 3. The van der Waals surface area contributed by atoms with Gasteiger partial charge >= 0.3 is 0 Å². The topological polar surface area (TPSA) is 67.2 Å². The van der Waals surface area contributed by atoms with E-state index in [1.165, 1.54) is 24.6 Å². The minimum absolute atomic E-state index is 0.0249. The fourth-order valence-electron chi connectivity index (χ4n) is 4.36. The van der Waals surface area contributed by atoms with Gasteiger partial charge in [-0.05, 0) is 59.6 Å². The minimum atomic E-state index is -0.314. The van der Waals surface area contributed by atoms with E-state index in [4.69, 9.17) is 4.98 Å². The van der Waals surface area contributed by atoms with Gasteiger partial charge in [-0.25, -0.2) is 4.98 Å². The van der Waals surface area contributed by atoms with Crippen LogP contribution in [0.5, 0.6) is 0 Å². The zero-order valence-electron chi connectivity index (χ0n) is 19.4. The molecule has 1 atom stereocenters. The Balaban J connectivity index is 1.86. The van der Waals surface area contributed by atoms with E-state index in [0.29, 0.717) is 34.7 Å². The van der Waals surface area contributed by atoms with Crippen molar-refractivity contribution in [3.8, 4) is 0 Å². The van der Waals surface area contributed by atoms with Crippen molar-refractivity contribution in [2.75, 3.05) is 6.54 Å². The molecule has 0 spiro atoms. The molecule has 1 aliphatic rings. The van der Waals surface area contributed by atoms with E-state index in [-0.39, 0.29) is 22.8 Å². The van der Waals surface area contributed by atoms with Crippen LogP contribution in [0.4, 0.5) is 0 Å². The largest absolute Gasteiger partial charge is 0.352 e. The molecule has 1 saturated carbocycles. The molecule has 0 bridgehead atoms. The zero-order chi connectivity index (χ0) is 22.5. The first-order chi connectivity index (χ1) is 14.8. The molecule has 1 aromatic heterocycles. The molecule has 1 aliphatic carbocycles. The lowest BCUT2D eigenvalue weighted by atomic mass is 10.2. The molecule has 3 rings (SSSR count). The van der Waals surface area contributed by atoms with E-state index in [0.717, 1.165) is 19.4 Å². The molecule has 0 aliphatic heterocycles. The molecule has 1 heterocycles. The van der Waals surface area contributed by atoms with Crippen molar-refractivity contribution in [1.29, 1.82) is 0 Å². The van der Waals surface area contributed by atoms with Gasteiger partial charge in [0.1, 0.15) is 0 Å². The number of hydrogen-bond donors (Lipinski definition) is 1. The molecule has 1 fully saturated rings. The van der Waals surface area contributed by atoms with Crippen LogP contribution in [0, 0.1) is 0 Å². The quantitative estimate of drug-likeness (QED) is 0.467. The molecule has 1 amide bonds. The predicted molar refractivity (Wildman–Crippen MR) is 129 cm³/mol. The van der Waals surface area contributed by atoms with Gasteiger partial charge in [0, 0.05) is 31.2 Å². The summed E-state index contributed by atoms with van der Waals surface area (Å²) in [7, 11) is 0. The number of aromatic nitrogens is 2. The van der Waals surface area contributed by atoms with Gasteiger partial charge in [-0.15, -0.1) is 0 Å². The van der Waals surface area contributed by atoms with E-state index in [9.17, 15) is 9.59 Å².